The van der Waals surface area contributed by atoms with Crippen LogP contribution in [0, 0.1) is 13.0 Å². The van der Waals surface area contributed by atoms with Crippen LogP contribution in [0.5, 0.6) is 0 Å². The second-order valence-electron chi connectivity index (χ2n) is 6.09. The Morgan fingerprint density at radius 1 is 1.48 bits per heavy atom. The number of hydrogen-bond acceptors (Lipinski definition) is 5. The molecule has 1 fully saturated rings. The largest absolute Gasteiger partial charge is 0.447 e. The fourth-order valence-electron chi connectivity index (χ4n) is 2.32. The van der Waals surface area contributed by atoms with Crippen molar-refractivity contribution in [3.8, 4) is 0 Å². The molecule has 21 heavy (non-hydrogen) atoms. The molecule has 2 rings (SSSR count). The lowest BCUT2D eigenvalue weighted by atomic mass is 10.1. The third-order valence-electron chi connectivity index (χ3n) is 3.05. The van der Waals surface area contributed by atoms with Crippen LogP contribution in [0.15, 0.2) is 6.07 Å². The van der Waals surface area contributed by atoms with Gasteiger partial charge < -0.3 is 9.47 Å². The summed E-state index contributed by atoms with van der Waals surface area (Å²) in [6.45, 7) is 9.47. The van der Waals surface area contributed by atoms with Crippen molar-refractivity contribution in [1.29, 1.82) is 0 Å². The van der Waals surface area contributed by atoms with Crippen molar-refractivity contribution in [1.82, 2.24) is 9.97 Å². The summed E-state index contributed by atoms with van der Waals surface area (Å²) >= 11 is 0. The van der Waals surface area contributed by atoms with Crippen molar-refractivity contribution in [2.45, 2.75) is 52.4 Å². The van der Waals surface area contributed by atoms with Gasteiger partial charge in [0.2, 0.25) is 0 Å². The normalized spacial score (nSPS) is 20.6. The molecule has 1 saturated heterocycles. The van der Waals surface area contributed by atoms with Gasteiger partial charge in [0.1, 0.15) is 18.5 Å². The van der Waals surface area contributed by atoms with Crippen LogP contribution in [0.1, 0.15) is 33.4 Å². The number of rotatable bonds is 3. The summed E-state index contributed by atoms with van der Waals surface area (Å²) in [5.74, 6) is 0.192. The van der Waals surface area contributed by atoms with Crippen LogP contribution in [-0.2, 0) is 9.47 Å². The molecule has 7 heteroatoms. The highest BCUT2D eigenvalue weighted by molar-refractivity contribution is 5.89. The minimum Gasteiger partial charge on any atom is -0.447 e. The highest BCUT2D eigenvalue weighted by Gasteiger charge is 2.40. The summed E-state index contributed by atoms with van der Waals surface area (Å²) in [5, 5.41) is 0. The highest BCUT2D eigenvalue weighted by Crippen LogP contribution is 2.26. The first-order chi connectivity index (χ1) is 9.67. The number of carbonyl (C=O) groups is 1. The predicted octanol–water partition coefficient (Wildman–Crippen LogP) is 2.45. The summed E-state index contributed by atoms with van der Waals surface area (Å²) in [4.78, 5) is 20.5. The number of cyclic esters (lactones) is 1. The van der Waals surface area contributed by atoms with Crippen molar-refractivity contribution in [3.05, 3.63) is 17.8 Å². The lowest BCUT2D eigenvalue weighted by Gasteiger charge is -2.31. The first kappa shape index (κ1) is 15.6. The fraction of sp³-hybridized carbons (Fsp3) is 0.643. The van der Waals surface area contributed by atoms with Crippen LogP contribution in [0.2, 0.25) is 0 Å². The molecule has 1 aliphatic heterocycles. The first-order valence-electron chi connectivity index (χ1n) is 6.82. The topological polar surface area (TPSA) is 64.6 Å². The third kappa shape index (κ3) is 3.66. The number of aromatic nitrogens is 2. The minimum absolute atomic E-state index is 0.181. The molecule has 1 aromatic rings. The van der Waals surface area contributed by atoms with E-state index in [2.05, 4.69) is 9.97 Å². The van der Waals surface area contributed by atoms with Gasteiger partial charge in [0.25, 0.3) is 0 Å². The molecule has 2 atom stereocenters. The van der Waals surface area contributed by atoms with E-state index in [0.717, 1.165) is 0 Å². The molecule has 0 saturated carbocycles. The molecular formula is C14H20FN3O3. The van der Waals surface area contributed by atoms with Gasteiger partial charge in [0.15, 0.2) is 0 Å². The van der Waals surface area contributed by atoms with Gasteiger partial charge in [0, 0.05) is 11.8 Å². The summed E-state index contributed by atoms with van der Waals surface area (Å²) in [6.07, 6.45) is -1.70. The Hall–Kier alpha value is -1.76. The molecule has 0 spiro atoms. The van der Waals surface area contributed by atoms with E-state index in [4.69, 9.17) is 9.47 Å². The molecule has 0 N–H and O–H groups in total. The van der Waals surface area contributed by atoms with Gasteiger partial charge in [0.05, 0.1) is 11.7 Å². The summed E-state index contributed by atoms with van der Waals surface area (Å²) in [6, 6.07) is 1.19. The number of nitrogens with zero attached hydrogens (tertiary/aromatic N) is 3. The molecule has 1 amide bonds. The van der Waals surface area contributed by atoms with Crippen LogP contribution in [0.4, 0.5) is 15.0 Å². The maximum absolute atomic E-state index is 13.4. The minimum atomic E-state index is -0.868. The number of aryl methyl sites for hydroxylation is 1. The Balaban J connectivity index is 2.28. The Morgan fingerprint density at radius 3 is 2.71 bits per heavy atom. The van der Waals surface area contributed by atoms with Gasteiger partial charge in [-0.25, -0.2) is 9.78 Å². The van der Waals surface area contributed by atoms with E-state index < -0.39 is 12.2 Å². The molecule has 6 nitrogen and oxygen atoms in total. The zero-order chi connectivity index (χ0) is 15.8. The van der Waals surface area contributed by atoms with Gasteiger partial charge in [-0.3, -0.25) is 4.90 Å². The Bertz CT molecular complexity index is 525. The van der Waals surface area contributed by atoms with E-state index in [0.29, 0.717) is 5.69 Å². The van der Waals surface area contributed by atoms with E-state index in [-0.39, 0.29) is 30.2 Å². The van der Waals surface area contributed by atoms with Crippen LogP contribution in [0.25, 0.3) is 0 Å². The van der Waals surface area contributed by atoms with Crippen LogP contribution in [-0.4, -0.2) is 40.4 Å². The molecule has 0 aliphatic carbocycles. The van der Waals surface area contributed by atoms with Gasteiger partial charge in [-0.2, -0.15) is 9.37 Å². The molecule has 0 radical (unpaired) electrons. The van der Waals surface area contributed by atoms with E-state index in [9.17, 15) is 9.18 Å². The molecule has 2 heterocycles. The molecule has 116 valence electrons. The zero-order valence-corrected chi connectivity index (χ0v) is 12.9. The summed E-state index contributed by atoms with van der Waals surface area (Å²) in [7, 11) is 0. The quantitative estimate of drug-likeness (QED) is 0.802. The number of carbonyl (C=O) groups excluding carboxylic acids is 1. The number of anilines is 1. The van der Waals surface area contributed by atoms with E-state index in [1.807, 2.05) is 27.7 Å². The number of amides is 1. The van der Waals surface area contributed by atoms with E-state index in [1.165, 1.54) is 4.90 Å². The smallest absolute Gasteiger partial charge is 0.416 e. The standard InChI is InChI=1S/C14H20FN3O3/c1-8-6-11(17-12(15)16-8)18-10(7-20-13(18)19)9(2)21-14(3,4)5/h6,9-10H,7H2,1-5H3/t9-,10-/m1/s1. The van der Waals surface area contributed by atoms with Crippen molar-refractivity contribution < 1.29 is 18.7 Å². The second kappa shape index (κ2) is 5.55. The number of halogens is 1. The molecule has 0 aromatic carbocycles. The lowest BCUT2D eigenvalue weighted by Crippen LogP contribution is -2.45. The number of ether oxygens (including phenoxy) is 2. The average molecular weight is 297 g/mol. The third-order valence-corrected chi connectivity index (χ3v) is 3.05. The van der Waals surface area contributed by atoms with Crippen molar-refractivity contribution in [2.75, 3.05) is 11.5 Å². The molecule has 0 unspecified atom stereocenters. The maximum Gasteiger partial charge on any atom is 0.416 e. The Morgan fingerprint density at radius 2 is 2.14 bits per heavy atom. The Kier molecular flexibility index (Phi) is 4.13. The van der Waals surface area contributed by atoms with Crippen LogP contribution < -0.4 is 4.90 Å². The SMILES string of the molecule is Cc1cc(N2C(=O)OC[C@@H]2[C@@H](C)OC(C)(C)C)nc(F)n1. The van der Waals surface area contributed by atoms with Gasteiger partial charge in [-0.05, 0) is 34.6 Å². The Labute approximate surface area is 123 Å². The highest BCUT2D eigenvalue weighted by atomic mass is 19.1. The monoisotopic (exact) mass is 297 g/mol. The molecular weight excluding hydrogens is 277 g/mol. The van der Waals surface area contributed by atoms with Crippen molar-refractivity contribution >= 4 is 11.9 Å². The van der Waals surface area contributed by atoms with E-state index in [1.54, 1.807) is 13.0 Å². The van der Waals surface area contributed by atoms with Crippen LogP contribution in [0.3, 0.4) is 0 Å². The second-order valence-corrected chi connectivity index (χ2v) is 6.09. The zero-order valence-electron chi connectivity index (χ0n) is 12.9. The van der Waals surface area contributed by atoms with Crippen LogP contribution >= 0.6 is 0 Å². The molecule has 1 aliphatic rings. The molecule has 1 aromatic heterocycles. The lowest BCUT2D eigenvalue weighted by molar-refractivity contribution is -0.0618. The van der Waals surface area contributed by atoms with E-state index >= 15 is 0 Å². The van der Waals surface area contributed by atoms with Gasteiger partial charge in [-0.15, -0.1) is 0 Å². The van der Waals surface area contributed by atoms with Gasteiger partial charge >= 0.3 is 12.2 Å². The summed E-state index contributed by atoms with van der Waals surface area (Å²) in [5.41, 5.74) is 0.0872. The average Bonchev–Trinajstić information content (AvgIpc) is 2.67. The van der Waals surface area contributed by atoms with Gasteiger partial charge in [-0.1, -0.05) is 0 Å². The maximum atomic E-state index is 13.4. The van der Waals surface area contributed by atoms with Crippen molar-refractivity contribution in [2.24, 2.45) is 0 Å². The van der Waals surface area contributed by atoms with Crippen molar-refractivity contribution in [3.63, 3.8) is 0 Å². The molecule has 0 bridgehead atoms. The fourth-order valence-corrected chi connectivity index (χ4v) is 2.32. The predicted molar refractivity (Wildman–Crippen MR) is 74.6 cm³/mol. The first-order valence-corrected chi connectivity index (χ1v) is 6.82. The summed E-state index contributed by atoms with van der Waals surface area (Å²) < 4.78 is 24.3. The number of hydrogen-bond donors (Lipinski definition) is 0.